The molecule has 0 spiro atoms. The Bertz CT molecular complexity index is 571. The molecule has 2 aliphatic heterocycles. The van der Waals surface area contributed by atoms with Crippen LogP contribution in [0.3, 0.4) is 0 Å². The van der Waals surface area contributed by atoms with E-state index in [0.717, 1.165) is 5.56 Å². The second-order valence-electron chi connectivity index (χ2n) is 4.87. The summed E-state index contributed by atoms with van der Waals surface area (Å²) in [5.74, 6) is -0.981. The van der Waals surface area contributed by atoms with Crippen molar-refractivity contribution in [3.05, 3.63) is 23.8 Å². The molecule has 2 heterocycles. The lowest BCUT2D eigenvalue weighted by atomic mass is 9.93. The zero-order chi connectivity index (χ0) is 14.3. The second kappa shape index (κ2) is 4.70. The van der Waals surface area contributed by atoms with Crippen LogP contribution in [0, 0.1) is 5.92 Å². The van der Waals surface area contributed by atoms with Crippen LogP contribution in [-0.4, -0.2) is 30.1 Å². The fraction of sp³-hybridized carbons (Fsp3) is 0.429. The van der Waals surface area contributed by atoms with Crippen LogP contribution in [-0.2, 0) is 9.59 Å². The van der Waals surface area contributed by atoms with E-state index in [1.54, 1.807) is 23.1 Å². The molecule has 106 valence electrons. The van der Waals surface area contributed by atoms with Crippen molar-refractivity contribution in [3.63, 3.8) is 0 Å². The number of benzene rings is 1. The van der Waals surface area contributed by atoms with Gasteiger partial charge >= 0.3 is 0 Å². The number of hydrogen-bond donors (Lipinski definition) is 0. The molecule has 2 aliphatic rings. The fourth-order valence-corrected chi connectivity index (χ4v) is 2.88. The van der Waals surface area contributed by atoms with Crippen LogP contribution < -0.4 is 14.6 Å². The summed E-state index contributed by atoms with van der Waals surface area (Å²) in [5.41, 5.74) is 0.733. The van der Waals surface area contributed by atoms with E-state index < -0.39 is 17.9 Å². The number of amides is 1. The number of hydrogen-bond acceptors (Lipinski definition) is 5. The van der Waals surface area contributed by atoms with Gasteiger partial charge in [0, 0.05) is 24.9 Å². The largest absolute Gasteiger partial charge is 0.550 e. The summed E-state index contributed by atoms with van der Waals surface area (Å²) in [6.07, 6.45) is -0.0186. The second-order valence-corrected chi connectivity index (χ2v) is 4.87. The van der Waals surface area contributed by atoms with Crippen molar-refractivity contribution in [2.24, 2.45) is 5.92 Å². The van der Waals surface area contributed by atoms with Crippen LogP contribution in [0.5, 0.6) is 11.5 Å². The molecule has 6 nitrogen and oxygen atoms in total. The first-order valence-electron chi connectivity index (χ1n) is 6.51. The molecule has 1 aromatic carbocycles. The van der Waals surface area contributed by atoms with Gasteiger partial charge in [0.05, 0.1) is 6.04 Å². The third kappa shape index (κ3) is 1.88. The standard InChI is InChI=1S/C14H15NO5/c1-2-15-12(16)6-9(14(17)18)13(15)8-3-4-10-11(5-8)20-7-19-10/h3-5,9,13H,2,6-7H2,1H3,(H,17,18)/p-1/t9-,13+/m1/s1. The van der Waals surface area contributed by atoms with Gasteiger partial charge in [0.2, 0.25) is 12.7 Å². The number of carboxylic acid groups (broad SMARTS) is 1. The van der Waals surface area contributed by atoms with E-state index >= 15 is 0 Å². The van der Waals surface area contributed by atoms with Crippen molar-refractivity contribution in [2.75, 3.05) is 13.3 Å². The van der Waals surface area contributed by atoms with Gasteiger partial charge in [0.15, 0.2) is 11.5 Å². The number of carbonyl (C=O) groups excluding carboxylic acids is 2. The van der Waals surface area contributed by atoms with Crippen molar-refractivity contribution in [3.8, 4) is 11.5 Å². The predicted molar refractivity (Wildman–Crippen MR) is 65.8 cm³/mol. The maximum Gasteiger partial charge on any atom is 0.231 e. The Kier molecular flexibility index (Phi) is 3.00. The molecule has 1 amide bonds. The molecular weight excluding hydrogens is 262 g/mol. The van der Waals surface area contributed by atoms with Gasteiger partial charge in [-0.15, -0.1) is 0 Å². The van der Waals surface area contributed by atoms with Gasteiger partial charge in [0.25, 0.3) is 0 Å². The summed E-state index contributed by atoms with van der Waals surface area (Å²) in [6, 6.07) is 4.74. The summed E-state index contributed by atoms with van der Waals surface area (Å²) in [6.45, 7) is 2.45. The molecule has 0 aromatic heterocycles. The van der Waals surface area contributed by atoms with Crippen LogP contribution in [0.1, 0.15) is 24.9 Å². The number of carbonyl (C=O) groups is 2. The van der Waals surface area contributed by atoms with E-state index in [0.29, 0.717) is 18.0 Å². The van der Waals surface area contributed by atoms with Crippen LogP contribution >= 0.6 is 0 Å². The molecule has 0 radical (unpaired) electrons. The molecule has 3 rings (SSSR count). The molecule has 0 N–H and O–H groups in total. The molecule has 2 atom stereocenters. The van der Waals surface area contributed by atoms with Gasteiger partial charge in [-0.3, -0.25) is 4.79 Å². The van der Waals surface area contributed by atoms with E-state index in [9.17, 15) is 14.7 Å². The first-order valence-corrected chi connectivity index (χ1v) is 6.51. The molecule has 1 saturated heterocycles. The SMILES string of the molecule is CCN1C(=O)C[C@@H](C(=O)[O-])[C@@H]1c1ccc2c(c1)OCO2. The summed E-state index contributed by atoms with van der Waals surface area (Å²) in [4.78, 5) is 24.8. The van der Waals surface area contributed by atoms with Crippen LogP contribution in [0.25, 0.3) is 0 Å². The highest BCUT2D eigenvalue weighted by atomic mass is 16.7. The van der Waals surface area contributed by atoms with Gasteiger partial charge in [-0.1, -0.05) is 6.07 Å². The normalized spacial score (nSPS) is 24.2. The molecular formula is C14H14NO5-. The molecule has 0 saturated carbocycles. The Hall–Kier alpha value is -2.24. The number of likely N-dealkylation sites (tertiary alicyclic amines) is 1. The minimum Gasteiger partial charge on any atom is -0.550 e. The zero-order valence-corrected chi connectivity index (χ0v) is 11.0. The lowest BCUT2D eigenvalue weighted by Crippen LogP contribution is -2.36. The quantitative estimate of drug-likeness (QED) is 0.781. The summed E-state index contributed by atoms with van der Waals surface area (Å²) in [5, 5.41) is 11.3. The van der Waals surface area contributed by atoms with Crippen molar-refractivity contribution in [2.45, 2.75) is 19.4 Å². The van der Waals surface area contributed by atoms with Gasteiger partial charge in [-0.2, -0.15) is 0 Å². The molecule has 0 bridgehead atoms. The first kappa shape index (κ1) is 12.8. The Balaban J connectivity index is 2.00. The average molecular weight is 276 g/mol. The molecule has 20 heavy (non-hydrogen) atoms. The van der Waals surface area contributed by atoms with E-state index in [1.807, 2.05) is 6.92 Å². The number of fused-ring (bicyclic) bond motifs is 1. The van der Waals surface area contributed by atoms with Crippen LogP contribution in [0.2, 0.25) is 0 Å². The molecule has 1 aromatic rings. The Morgan fingerprint density at radius 3 is 2.85 bits per heavy atom. The van der Waals surface area contributed by atoms with Gasteiger partial charge < -0.3 is 24.3 Å². The van der Waals surface area contributed by atoms with Crippen LogP contribution in [0.15, 0.2) is 18.2 Å². The van der Waals surface area contributed by atoms with E-state index in [-0.39, 0.29) is 19.1 Å². The Labute approximate surface area is 115 Å². The number of carboxylic acids is 1. The number of nitrogens with zero attached hydrogens (tertiary/aromatic N) is 1. The monoisotopic (exact) mass is 276 g/mol. The third-order valence-corrected chi connectivity index (χ3v) is 3.81. The van der Waals surface area contributed by atoms with Crippen molar-refractivity contribution in [1.29, 1.82) is 0 Å². The topological polar surface area (TPSA) is 78.9 Å². The molecule has 0 unspecified atom stereocenters. The maximum atomic E-state index is 11.9. The molecule has 6 heteroatoms. The highest BCUT2D eigenvalue weighted by Crippen LogP contribution is 2.41. The Morgan fingerprint density at radius 2 is 2.15 bits per heavy atom. The predicted octanol–water partition coefficient (Wildman–Crippen LogP) is 0.0747. The van der Waals surface area contributed by atoms with Crippen molar-refractivity contribution < 1.29 is 24.2 Å². The van der Waals surface area contributed by atoms with E-state index in [1.165, 1.54) is 0 Å². The Morgan fingerprint density at radius 1 is 1.40 bits per heavy atom. The summed E-state index contributed by atoms with van der Waals surface area (Å²) in [7, 11) is 0. The van der Waals surface area contributed by atoms with E-state index in [2.05, 4.69) is 0 Å². The van der Waals surface area contributed by atoms with Gasteiger partial charge in [0.1, 0.15) is 0 Å². The molecule has 1 fully saturated rings. The third-order valence-electron chi connectivity index (χ3n) is 3.81. The van der Waals surface area contributed by atoms with E-state index in [4.69, 9.17) is 9.47 Å². The zero-order valence-electron chi connectivity index (χ0n) is 11.0. The van der Waals surface area contributed by atoms with Gasteiger partial charge in [-0.05, 0) is 24.6 Å². The summed E-state index contributed by atoms with van der Waals surface area (Å²) < 4.78 is 10.5. The fourth-order valence-electron chi connectivity index (χ4n) is 2.88. The summed E-state index contributed by atoms with van der Waals surface area (Å²) >= 11 is 0. The number of ether oxygens (including phenoxy) is 2. The highest BCUT2D eigenvalue weighted by molar-refractivity contribution is 5.86. The molecule has 0 aliphatic carbocycles. The first-order chi connectivity index (χ1) is 9.61. The smallest absolute Gasteiger partial charge is 0.231 e. The number of aliphatic carboxylic acids is 1. The lowest BCUT2D eigenvalue weighted by molar-refractivity contribution is -0.312. The number of rotatable bonds is 3. The minimum atomic E-state index is -1.20. The van der Waals surface area contributed by atoms with Crippen LogP contribution in [0.4, 0.5) is 0 Å². The lowest BCUT2D eigenvalue weighted by Gasteiger charge is -2.28. The van der Waals surface area contributed by atoms with Gasteiger partial charge in [-0.25, -0.2) is 0 Å². The highest BCUT2D eigenvalue weighted by Gasteiger charge is 2.40. The minimum absolute atomic E-state index is 0.0186. The van der Waals surface area contributed by atoms with Crippen molar-refractivity contribution in [1.82, 2.24) is 4.90 Å². The van der Waals surface area contributed by atoms with Crippen molar-refractivity contribution >= 4 is 11.9 Å². The average Bonchev–Trinajstić information content (AvgIpc) is 3.01. The maximum absolute atomic E-state index is 11.9.